The molecule has 0 saturated carbocycles. The Labute approximate surface area is 153 Å². The van der Waals surface area contributed by atoms with E-state index >= 15 is 0 Å². The SMILES string of the molecule is COc1cc(Cl)ccc1Nc1nc(Cl)nc2c1ncn2C1CCCO1. The van der Waals surface area contributed by atoms with Gasteiger partial charge in [0.05, 0.1) is 19.1 Å². The summed E-state index contributed by atoms with van der Waals surface area (Å²) in [7, 11) is 1.57. The summed E-state index contributed by atoms with van der Waals surface area (Å²) in [6.45, 7) is 0.732. The Morgan fingerprint density at radius 1 is 1.32 bits per heavy atom. The average Bonchev–Trinajstić information content (AvgIpc) is 3.25. The van der Waals surface area contributed by atoms with Crippen LogP contribution in [0, 0.1) is 0 Å². The second kappa shape index (κ2) is 6.67. The Morgan fingerprint density at radius 2 is 2.20 bits per heavy atom. The van der Waals surface area contributed by atoms with Gasteiger partial charge in [0, 0.05) is 17.7 Å². The number of ether oxygens (including phenoxy) is 2. The molecule has 0 radical (unpaired) electrons. The minimum atomic E-state index is -0.0751. The molecule has 1 fully saturated rings. The molecule has 1 aliphatic rings. The van der Waals surface area contributed by atoms with Gasteiger partial charge in [-0.2, -0.15) is 9.97 Å². The van der Waals surface area contributed by atoms with E-state index in [1.807, 2.05) is 4.57 Å². The minimum Gasteiger partial charge on any atom is -0.495 e. The number of nitrogens with one attached hydrogen (secondary N) is 1. The number of imidazole rings is 1. The molecule has 1 aliphatic heterocycles. The zero-order valence-corrected chi connectivity index (χ0v) is 14.9. The molecule has 1 saturated heterocycles. The van der Waals surface area contributed by atoms with Gasteiger partial charge in [-0.25, -0.2) is 4.98 Å². The molecule has 0 bridgehead atoms. The van der Waals surface area contributed by atoms with E-state index in [1.165, 1.54) is 0 Å². The summed E-state index contributed by atoms with van der Waals surface area (Å²) in [6.07, 6.45) is 3.56. The number of aromatic nitrogens is 4. The molecular formula is C16H15Cl2N5O2. The van der Waals surface area contributed by atoms with E-state index in [0.717, 1.165) is 19.4 Å². The predicted octanol–water partition coefficient (Wildman–Crippen LogP) is 4.19. The Hall–Kier alpha value is -2.09. The van der Waals surface area contributed by atoms with Crippen molar-refractivity contribution in [3.63, 3.8) is 0 Å². The summed E-state index contributed by atoms with van der Waals surface area (Å²) in [5.41, 5.74) is 1.94. The van der Waals surface area contributed by atoms with E-state index in [2.05, 4.69) is 20.3 Å². The lowest BCUT2D eigenvalue weighted by molar-refractivity contribution is 0.0593. The zero-order chi connectivity index (χ0) is 17.4. The maximum atomic E-state index is 6.13. The number of hydrogen-bond acceptors (Lipinski definition) is 6. The summed E-state index contributed by atoms with van der Waals surface area (Å²) >= 11 is 12.1. The molecule has 7 nitrogen and oxygen atoms in total. The minimum absolute atomic E-state index is 0.0751. The van der Waals surface area contributed by atoms with E-state index in [9.17, 15) is 0 Å². The normalized spacial score (nSPS) is 17.2. The fourth-order valence-electron chi connectivity index (χ4n) is 2.86. The van der Waals surface area contributed by atoms with Crippen molar-refractivity contribution in [1.82, 2.24) is 19.5 Å². The van der Waals surface area contributed by atoms with Gasteiger partial charge in [0.2, 0.25) is 5.28 Å². The first-order valence-corrected chi connectivity index (χ1v) is 8.53. The van der Waals surface area contributed by atoms with Crippen molar-refractivity contribution in [2.75, 3.05) is 19.0 Å². The molecule has 0 amide bonds. The van der Waals surface area contributed by atoms with E-state index in [0.29, 0.717) is 33.4 Å². The third-order valence-corrected chi connectivity index (χ3v) is 4.43. The first kappa shape index (κ1) is 16.4. The lowest BCUT2D eigenvalue weighted by Crippen LogP contribution is -2.07. The molecule has 1 N–H and O–H groups in total. The van der Waals surface area contributed by atoms with Crippen molar-refractivity contribution in [2.45, 2.75) is 19.1 Å². The molecule has 3 aromatic rings. The first-order chi connectivity index (χ1) is 12.2. The monoisotopic (exact) mass is 379 g/mol. The van der Waals surface area contributed by atoms with Gasteiger partial charge in [0.1, 0.15) is 12.0 Å². The largest absolute Gasteiger partial charge is 0.495 e. The lowest BCUT2D eigenvalue weighted by Gasteiger charge is -2.13. The number of hydrogen-bond donors (Lipinski definition) is 1. The van der Waals surface area contributed by atoms with Gasteiger partial charge in [-0.05, 0) is 36.6 Å². The molecule has 4 rings (SSSR count). The van der Waals surface area contributed by atoms with Crippen LogP contribution in [-0.2, 0) is 4.74 Å². The maximum absolute atomic E-state index is 6.13. The Balaban J connectivity index is 1.77. The third kappa shape index (κ3) is 3.10. The van der Waals surface area contributed by atoms with E-state index in [-0.39, 0.29) is 11.5 Å². The molecule has 1 aromatic carbocycles. The summed E-state index contributed by atoms with van der Waals surface area (Å²) < 4.78 is 13.0. The number of methoxy groups -OCH3 is 1. The van der Waals surface area contributed by atoms with Crippen molar-refractivity contribution in [2.24, 2.45) is 0 Å². The molecular weight excluding hydrogens is 365 g/mol. The van der Waals surface area contributed by atoms with E-state index < -0.39 is 0 Å². The summed E-state index contributed by atoms with van der Waals surface area (Å²) in [4.78, 5) is 13.0. The number of nitrogens with zero attached hydrogens (tertiary/aromatic N) is 4. The third-order valence-electron chi connectivity index (χ3n) is 4.03. The Morgan fingerprint density at radius 3 is 2.96 bits per heavy atom. The van der Waals surface area contributed by atoms with Gasteiger partial charge in [-0.15, -0.1) is 0 Å². The van der Waals surface area contributed by atoms with Crippen LogP contribution in [0.4, 0.5) is 11.5 Å². The van der Waals surface area contributed by atoms with Crippen molar-refractivity contribution in [1.29, 1.82) is 0 Å². The van der Waals surface area contributed by atoms with Crippen molar-refractivity contribution in [3.8, 4) is 5.75 Å². The molecule has 25 heavy (non-hydrogen) atoms. The molecule has 3 heterocycles. The van der Waals surface area contributed by atoms with Gasteiger partial charge in [0.25, 0.3) is 0 Å². The molecule has 130 valence electrons. The summed E-state index contributed by atoms with van der Waals surface area (Å²) in [6, 6.07) is 5.28. The molecule has 1 atom stereocenters. The Kier molecular flexibility index (Phi) is 4.37. The highest BCUT2D eigenvalue weighted by Gasteiger charge is 2.22. The van der Waals surface area contributed by atoms with Crippen molar-refractivity contribution >= 4 is 45.9 Å². The smallest absolute Gasteiger partial charge is 0.226 e. The number of benzene rings is 1. The number of fused-ring (bicyclic) bond motifs is 1. The van der Waals surface area contributed by atoms with Gasteiger partial charge in [0.15, 0.2) is 17.0 Å². The highest BCUT2D eigenvalue weighted by atomic mass is 35.5. The van der Waals surface area contributed by atoms with Crippen LogP contribution < -0.4 is 10.1 Å². The second-order valence-corrected chi connectivity index (χ2v) is 6.38. The lowest BCUT2D eigenvalue weighted by atomic mass is 10.3. The van der Waals surface area contributed by atoms with Gasteiger partial charge >= 0.3 is 0 Å². The van der Waals surface area contributed by atoms with Crippen molar-refractivity contribution < 1.29 is 9.47 Å². The number of anilines is 2. The topological polar surface area (TPSA) is 74.1 Å². The van der Waals surface area contributed by atoms with Gasteiger partial charge < -0.3 is 14.8 Å². The molecule has 0 spiro atoms. The first-order valence-electron chi connectivity index (χ1n) is 7.78. The van der Waals surface area contributed by atoms with E-state index in [1.54, 1.807) is 31.6 Å². The van der Waals surface area contributed by atoms with Crippen LogP contribution in [0.15, 0.2) is 24.5 Å². The number of halogens is 2. The van der Waals surface area contributed by atoms with Gasteiger partial charge in [-0.3, -0.25) is 4.57 Å². The molecule has 9 heteroatoms. The van der Waals surface area contributed by atoms with Crippen LogP contribution in [0.1, 0.15) is 19.1 Å². The average molecular weight is 380 g/mol. The fraction of sp³-hybridized carbons (Fsp3) is 0.312. The second-order valence-electron chi connectivity index (χ2n) is 5.60. The summed E-state index contributed by atoms with van der Waals surface area (Å²) in [5.74, 6) is 1.08. The highest BCUT2D eigenvalue weighted by Crippen LogP contribution is 2.33. The fourth-order valence-corrected chi connectivity index (χ4v) is 3.19. The standard InChI is InChI=1S/C16H15Cl2N5O2/c1-24-11-7-9(17)4-5-10(11)20-14-13-15(22-16(18)21-14)23(8-19-13)12-3-2-6-25-12/h4-5,7-8,12H,2-3,6H2,1H3,(H,20,21,22). The van der Waals surface area contributed by atoms with Crippen LogP contribution in [0.5, 0.6) is 5.75 Å². The molecule has 0 aliphatic carbocycles. The van der Waals surface area contributed by atoms with E-state index in [4.69, 9.17) is 32.7 Å². The van der Waals surface area contributed by atoms with Crippen LogP contribution in [-0.4, -0.2) is 33.2 Å². The molecule has 1 unspecified atom stereocenters. The highest BCUT2D eigenvalue weighted by molar-refractivity contribution is 6.30. The van der Waals surface area contributed by atoms with Gasteiger partial charge in [-0.1, -0.05) is 11.6 Å². The number of rotatable bonds is 4. The Bertz CT molecular complexity index is 924. The zero-order valence-electron chi connectivity index (χ0n) is 13.4. The summed E-state index contributed by atoms with van der Waals surface area (Å²) in [5, 5.41) is 3.91. The van der Waals surface area contributed by atoms with Crippen molar-refractivity contribution in [3.05, 3.63) is 34.8 Å². The maximum Gasteiger partial charge on any atom is 0.226 e. The molecule has 2 aromatic heterocycles. The van der Waals surface area contributed by atoms with Crippen LogP contribution in [0.3, 0.4) is 0 Å². The van der Waals surface area contributed by atoms with Crippen LogP contribution in [0.2, 0.25) is 10.3 Å². The van der Waals surface area contributed by atoms with Crippen LogP contribution in [0.25, 0.3) is 11.2 Å². The quantitative estimate of drug-likeness (QED) is 0.684. The predicted molar refractivity (Wildman–Crippen MR) is 95.8 cm³/mol. The van der Waals surface area contributed by atoms with Crippen LogP contribution >= 0.6 is 23.2 Å².